The Bertz CT molecular complexity index is 1630. The summed E-state index contributed by atoms with van der Waals surface area (Å²) in [6, 6.07) is 18.5. The van der Waals surface area contributed by atoms with Crippen molar-refractivity contribution in [2.24, 2.45) is 5.73 Å². The van der Waals surface area contributed by atoms with E-state index in [0.29, 0.717) is 12.4 Å². The van der Waals surface area contributed by atoms with Gasteiger partial charge in [0.15, 0.2) is 0 Å². The molecule has 0 spiro atoms. The van der Waals surface area contributed by atoms with Crippen molar-refractivity contribution in [2.75, 3.05) is 6.61 Å². The van der Waals surface area contributed by atoms with Gasteiger partial charge in [-0.3, -0.25) is 10.1 Å². The number of para-hydroxylation sites is 1. The van der Waals surface area contributed by atoms with Crippen molar-refractivity contribution in [2.45, 2.75) is 25.8 Å². The third-order valence-electron chi connectivity index (χ3n) is 6.63. The number of ether oxygens (including phenoxy) is 1. The van der Waals surface area contributed by atoms with Crippen LogP contribution in [-0.2, 0) is 6.42 Å². The van der Waals surface area contributed by atoms with Crippen molar-refractivity contribution < 1.29 is 9.15 Å². The minimum Gasteiger partial charge on any atom is -0.492 e. The summed E-state index contributed by atoms with van der Waals surface area (Å²) in [5, 5.41) is 9.71. The number of fused-ring (bicyclic) bond motifs is 2. The van der Waals surface area contributed by atoms with Crippen molar-refractivity contribution in [1.29, 1.82) is 0 Å². The van der Waals surface area contributed by atoms with Crippen molar-refractivity contribution in [3.8, 4) is 28.1 Å². The molecule has 180 valence electrons. The molecule has 2 aromatic carbocycles. The Labute approximate surface area is 208 Å². The average molecular weight is 478 g/mol. The van der Waals surface area contributed by atoms with Gasteiger partial charge < -0.3 is 19.9 Å². The van der Waals surface area contributed by atoms with Crippen LogP contribution in [0.1, 0.15) is 17.7 Å². The lowest BCUT2D eigenvalue weighted by Gasteiger charge is -2.14. The van der Waals surface area contributed by atoms with Gasteiger partial charge in [0.05, 0.1) is 36.5 Å². The fraction of sp³-hybridized carbons (Fsp3) is 0.172. The molecule has 0 aliphatic rings. The molecule has 4 aromatic heterocycles. The molecule has 0 aliphatic carbocycles. The summed E-state index contributed by atoms with van der Waals surface area (Å²) in [7, 11) is 0. The summed E-state index contributed by atoms with van der Waals surface area (Å²) in [6.45, 7) is 2.53. The number of H-pyrrole nitrogens is 2. The Morgan fingerprint density at radius 2 is 1.97 bits per heavy atom. The van der Waals surface area contributed by atoms with E-state index in [9.17, 15) is 0 Å². The van der Waals surface area contributed by atoms with E-state index >= 15 is 0 Å². The highest BCUT2D eigenvalue weighted by Gasteiger charge is 2.15. The summed E-state index contributed by atoms with van der Waals surface area (Å²) < 4.78 is 11.4. The summed E-state index contributed by atoms with van der Waals surface area (Å²) in [4.78, 5) is 8.06. The van der Waals surface area contributed by atoms with Gasteiger partial charge in [-0.1, -0.05) is 24.3 Å². The second kappa shape index (κ2) is 9.36. The Morgan fingerprint density at radius 1 is 1.06 bits per heavy atom. The highest BCUT2D eigenvalue weighted by atomic mass is 16.5. The van der Waals surface area contributed by atoms with Gasteiger partial charge in [0, 0.05) is 45.3 Å². The lowest BCUT2D eigenvalue weighted by Crippen LogP contribution is -2.25. The van der Waals surface area contributed by atoms with Crippen LogP contribution in [0.25, 0.3) is 44.2 Å². The number of nitrogens with two attached hydrogens (primary N) is 1. The average Bonchev–Trinajstić information content (AvgIpc) is 3.65. The van der Waals surface area contributed by atoms with Crippen LogP contribution < -0.4 is 10.5 Å². The van der Waals surface area contributed by atoms with E-state index in [4.69, 9.17) is 19.9 Å². The zero-order chi connectivity index (χ0) is 24.5. The molecular formula is C29H27N5O2. The number of benzene rings is 2. The van der Waals surface area contributed by atoms with E-state index in [-0.39, 0.29) is 6.04 Å². The number of pyridine rings is 1. The van der Waals surface area contributed by atoms with E-state index in [1.165, 1.54) is 10.9 Å². The van der Waals surface area contributed by atoms with Crippen molar-refractivity contribution in [3.05, 3.63) is 90.8 Å². The molecule has 0 fully saturated rings. The smallest absolute Gasteiger partial charge is 0.138 e. The Balaban J connectivity index is 1.21. The molecule has 0 radical (unpaired) electrons. The molecule has 0 amide bonds. The van der Waals surface area contributed by atoms with E-state index in [0.717, 1.165) is 57.3 Å². The Hall–Kier alpha value is -4.36. The van der Waals surface area contributed by atoms with Crippen molar-refractivity contribution in [3.63, 3.8) is 0 Å². The molecule has 36 heavy (non-hydrogen) atoms. The van der Waals surface area contributed by atoms with Crippen molar-refractivity contribution in [1.82, 2.24) is 20.2 Å². The van der Waals surface area contributed by atoms with Gasteiger partial charge in [0.1, 0.15) is 5.75 Å². The maximum absolute atomic E-state index is 6.46. The Kier molecular flexibility index (Phi) is 5.75. The SMILES string of the molecule is Cc1[nH]nc2ccc(-c3cc(OCC[C@@H](N)Cc4c[nH]c5ccccc45)cnc3-c3ccoc3)cc12. The molecule has 0 unspecified atom stereocenters. The van der Waals surface area contributed by atoms with Crippen LogP contribution in [0.2, 0.25) is 0 Å². The summed E-state index contributed by atoms with van der Waals surface area (Å²) in [5.74, 6) is 0.709. The summed E-state index contributed by atoms with van der Waals surface area (Å²) in [5.41, 5.74) is 14.6. The zero-order valence-electron chi connectivity index (χ0n) is 20.0. The third kappa shape index (κ3) is 4.25. The summed E-state index contributed by atoms with van der Waals surface area (Å²) in [6.07, 6.45) is 8.70. The van der Waals surface area contributed by atoms with Crippen LogP contribution in [-0.4, -0.2) is 32.8 Å². The maximum atomic E-state index is 6.46. The van der Waals surface area contributed by atoms with Crippen LogP contribution in [0.4, 0.5) is 0 Å². The molecule has 0 saturated heterocycles. The van der Waals surface area contributed by atoms with Gasteiger partial charge in [-0.15, -0.1) is 0 Å². The highest BCUT2D eigenvalue weighted by molar-refractivity contribution is 5.90. The lowest BCUT2D eigenvalue weighted by molar-refractivity contribution is 0.296. The third-order valence-corrected chi connectivity index (χ3v) is 6.63. The first-order chi connectivity index (χ1) is 17.7. The van der Waals surface area contributed by atoms with Gasteiger partial charge in [-0.2, -0.15) is 5.10 Å². The largest absolute Gasteiger partial charge is 0.492 e. The highest BCUT2D eigenvalue weighted by Crippen LogP contribution is 2.35. The van der Waals surface area contributed by atoms with Gasteiger partial charge in [0.25, 0.3) is 0 Å². The van der Waals surface area contributed by atoms with Gasteiger partial charge >= 0.3 is 0 Å². The fourth-order valence-corrected chi connectivity index (χ4v) is 4.69. The normalized spacial score (nSPS) is 12.4. The van der Waals surface area contributed by atoms with E-state index in [1.54, 1.807) is 18.7 Å². The quantitative estimate of drug-likeness (QED) is 0.249. The first-order valence-corrected chi connectivity index (χ1v) is 12.1. The molecule has 1 atom stereocenters. The molecule has 0 saturated carbocycles. The number of aromatic amines is 2. The van der Waals surface area contributed by atoms with Crippen LogP contribution in [0.3, 0.4) is 0 Å². The van der Waals surface area contributed by atoms with Crippen LogP contribution in [0, 0.1) is 6.92 Å². The van der Waals surface area contributed by atoms with Crippen LogP contribution >= 0.6 is 0 Å². The fourth-order valence-electron chi connectivity index (χ4n) is 4.69. The van der Waals surface area contributed by atoms with Gasteiger partial charge in [-0.25, -0.2) is 0 Å². The van der Waals surface area contributed by atoms with E-state index in [1.807, 2.05) is 31.2 Å². The summed E-state index contributed by atoms with van der Waals surface area (Å²) >= 11 is 0. The minimum atomic E-state index is -0.00619. The first-order valence-electron chi connectivity index (χ1n) is 12.1. The number of furan rings is 1. The minimum absolute atomic E-state index is 0.00619. The van der Waals surface area contributed by atoms with E-state index < -0.39 is 0 Å². The molecule has 4 heterocycles. The Morgan fingerprint density at radius 3 is 2.86 bits per heavy atom. The molecule has 6 rings (SSSR count). The second-order valence-electron chi connectivity index (χ2n) is 9.12. The molecule has 0 aliphatic heterocycles. The number of rotatable bonds is 8. The molecule has 0 bridgehead atoms. The molecule has 4 N–H and O–H groups in total. The monoisotopic (exact) mass is 477 g/mol. The topological polar surface area (TPSA) is 106 Å². The van der Waals surface area contributed by atoms with E-state index in [2.05, 4.69) is 51.7 Å². The number of nitrogens with zero attached hydrogens (tertiary/aromatic N) is 2. The molecule has 7 heteroatoms. The predicted octanol–water partition coefficient (Wildman–Crippen LogP) is 6.01. The molecule has 7 nitrogen and oxygen atoms in total. The van der Waals surface area contributed by atoms with Crippen LogP contribution in [0.5, 0.6) is 5.75 Å². The lowest BCUT2D eigenvalue weighted by atomic mass is 9.99. The zero-order valence-corrected chi connectivity index (χ0v) is 20.0. The van der Waals surface area contributed by atoms with Crippen LogP contribution in [0.15, 0.2) is 83.9 Å². The first kappa shape index (κ1) is 22.1. The second-order valence-corrected chi connectivity index (χ2v) is 9.12. The molecule has 6 aromatic rings. The maximum Gasteiger partial charge on any atom is 0.138 e. The van der Waals surface area contributed by atoms with Crippen molar-refractivity contribution >= 4 is 21.8 Å². The number of aryl methyl sites for hydroxylation is 1. The number of hydrogen-bond donors (Lipinski definition) is 3. The van der Waals surface area contributed by atoms with Gasteiger partial charge in [0.2, 0.25) is 0 Å². The number of nitrogens with one attached hydrogen (secondary N) is 2. The molecular weight excluding hydrogens is 450 g/mol. The van der Waals surface area contributed by atoms with Gasteiger partial charge in [-0.05, 0) is 61.2 Å². The predicted molar refractivity (Wildman–Crippen MR) is 142 cm³/mol. The number of hydrogen-bond acceptors (Lipinski definition) is 5. The number of aromatic nitrogens is 4. The standard InChI is InChI=1S/C29H27N5O2/c1-18-25-13-19(6-7-28(25)34-33-18)26-14-23(16-32-29(26)20-8-10-35-17-20)36-11-9-22(30)12-21-15-31-27-5-3-2-4-24(21)27/h2-8,10,13-17,22,31H,9,11-12,30H2,1H3,(H,33,34)/t22-/m1/s1.